The SMILES string of the molecule is Cc1ccccc1COCC(C)(C)C(C)(C)c1ccccc1.Cc1ccccc1COCC(C)(C)C1(C)CCCCC1.Cc1ccccc1COC[C@](C)(c1ccccc1)C1(C)CCCCC1.Cc1ccccc1CSCC(C)(C)C(C)(C)c1ccccc1.Cc1ccccc1CSCC(C)(C)C1(C)CCCCC1.Cc1ccccc1CSC[C@]1(C)CCCC1(C)C. The van der Waals surface area contributed by atoms with Crippen molar-refractivity contribution in [2.75, 3.05) is 37.1 Å². The molecule has 0 amide bonds. The molecule has 0 radical (unpaired) electrons. The van der Waals surface area contributed by atoms with Gasteiger partial charge >= 0.3 is 0 Å². The number of benzene rings is 9. The lowest BCUT2D eigenvalue weighted by molar-refractivity contribution is -0.0423. The highest BCUT2D eigenvalue weighted by molar-refractivity contribution is 7.99. The van der Waals surface area contributed by atoms with Crippen molar-refractivity contribution in [3.63, 3.8) is 0 Å². The molecule has 694 valence electrons. The van der Waals surface area contributed by atoms with Crippen LogP contribution in [-0.2, 0) is 67.5 Å². The molecular formula is C121H174O3S3. The van der Waals surface area contributed by atoms with Gasteiger partial charge in [0.1, 0.15) is 0 Å². The maximum atomic E-state index is 6.34. The van der Waals surface area contributed by atoms with Gasteiger partial charge in [-0.05, 0) is 253 Å². The van der Waals surface area contributed by atoms with Crippen molar-refractivity contribution < 1.29 is 14.2 Å². The molecule has 2 atom stereocenters. The molecule has 13 rings (SSSR count). The first-order chi connectivity index (χ1) is 60.1. The third-order valence-corrected chi connectivity index (χ3v) is 37.4. The van der Waals surface area contributed by atoms with Gasteiger partial charge in [0.15, 0.2) is 0 Å². The molecule has 0 heterocycles. The van der Waals surface area contributed by atoms with Gasteiger partial charge < -0.3 is 14.2 Å². The average molecular weight is 1770 g/mol. The average Bonchev–Trinajstić information content (AvgIpc) is 1.38. The van der Waals surface area contributed by atoms with E-state index in [0.717, 1.165) is 43.7 Å². The molecular weight excluding hydrogens is 1600 g/mol. The summed E-state index contributed by atoms with van der Waals surface area (Å²) in [6.07, 6.45) is 24.9. The molecule has 127 heavy (non-hydrogen) atoms. The quantitative estimate of drug-likeness (QED) is 0.0417. The maximum absolute atomic E-state index is 6.34. The fourth-order valence-electron chi connectivity index (χ4n) is 19.4. The van der Waals surface area contributed by atoms with E-state index < -0.39 is 0 Å². The Bertz CT molecular complexity index is 4450. The van der Waals surface area contributed by atoms with Crippen LogP contribution < -0.4 is 0 Å². The number of hydrogen-bond acceptors (Lipinski definition) is 6. The second-order valence-electron chi connectivity index (χ2n) is 44.4. The minimum Gasteiger partial charge on any atom is -0.376 e. The zero-order valence-electron chi connectivity index (χ0n) is 84.7. The molecule has 0 saturated heterocycles. The normalized spacial score (nSPS) is 17.8. The first-order valence-electron chi connectivity index (χ1n) is 49.0. The molecule has 3 nitrogen and oxygen atoms in total. The van der Waals surface area contributed by atoms with Crippen LogP contribution in [0.3, 0.4) is 0 Å². The summed E-state index contributed by atoms with van der Waals surface area (Å²) >= 11 is 6.29. The summed E-state index contributed by atoms with van der Waals surface area (Å²) < 4.78 is 18.5. The summed E-state index contributed by atoms with van der Waals surface area (Å²) in [5.41, 5.74) is 24.4. The number of hydrogen-bond donors (Lipinski definition) is 0. The van der Waals surface area contributed by atoms with Crippen molar-refractivity contribution in [1.82, 2.24) is 0 Å². The van der Waals surface area contributed by atoms with E-state index in [0.29, 0.717) is 45.7 Å². The van der Waals surface area contributed by atoms with Gasteiger partial charge in [0.2, 0.25) is 0 Å². The van der Waals surface area contributed by atoms with Crippen LogP contribution in [0, 0.1) is 90.3 Å². The summed E-state index contributed by atoms with van der Waals surface area (Å²) in [4.78, 5) is 0. The zero-order chi connectivity index (χ0) is 92.7. The molecule has 9 aromatic rings. The smallest absolute Gasteiger partial charge is 0.0719 e. The molecule has 0 bridgehead atoms. The van der Waals surface area contributed by atoms with Crippen molar-refractivity contribution in [3.05, 3.63) is 320 Å². The van der Waals surface area contributed by atoms with Gasteiger partial charge in [0.05, 0.1) is 39.6 Å². The van der Waals surface area contributed by atoms with Gasteiger partial charge in [-0.25, -0.2) is 0 Å². The first kappa shape index (κ1) is 106. The summed E-state index contributed by atoms with van der Waals surface area (Å²) in [5, 5.41) is 0. The second kappa shape index (κ2) is 49.1. The predicted molar refractivity (Wildman–Crippen MR) is 562 cm³/mol. The minimum atomic E-state index is 0.0526. The lowest BCUT2D eigenvalue weighted by Gasteiger charge is -2.49. The van der Waals surface area contributed by atoms with Crippen molar-refractivity contribution in [2.24, 2.45) is 48.7 Å². The van der Waals surface area contributed by atoms with E-state index in [4.69, 9.17) is 14.2 Å². The highest BCUT2D eigenvalue weighted by Gasteiger charge is 2.48. The lowest BCUT2D eigenvalue weighted by Crippen LogP contribution is -2.46. The fourth-order valence-corrected chi connectivity index (χ4v) is 24.0. The highest BCUT2D eigenvalue weighted by atomic mass is 32.2. The molecule has 4 aliphatic rings. The van der Waals surface area contributed by atoms with Crippen molar-refractivity contribution in [3.8, 4) is 0 Å². The van der Waals surface area contributed by atoms with E-state index >= 15 is 0 Å². The van der Waals surface area contributed by atoms with E-state index in [1.165, 1.54) is 216 Å². The number of rotatable bonds is 32. The number of thioether (sulfide) groups is 3. The molecule has 6 heteroatoms. The standard InChI is InChI=1S/C24H32O.C21H28O.C21H28S.C19H30O.C19H30S.C17H26S/c1-20-12-8-9-13-21(20)18-25-19-24(3,22-14-6-4-7-15-22)23(2)16-10-5-11-17-23;2*1-17-11-9-10-12-18(17)15-22-16-20(2,3)21(4,5)19-13-7-6-8-14-19;2*1-16-10-6-7-11-17(16)14-20-15-18(2,3)19(4)12-8-5-9-13-19;1-14-8-5-6-9-15(14)12-18-13-17(4)11-7-10-16(17,2)3/h4,6-9,12-15H,5,10-11,16-19H2,1-3H3;2*6-14H,15-16H2,1-5H3;2*6-7,10-11H,5,8-9,12-15H2,1-4H3;5-6,8-9H,7,10-13H2,1-4H3/t24-;;;;;17-/m1....0/s1. The monoisotopic (exact) mass is 1770 g/mol. The van der Waals surface area contributed by atoms with Crippen LogP contribution in [0.2, 0.25) is 0 Å². The molecule has 0 unspecified atom stereocenters. The van der Waals surface area contributed by atoms with Crippen LogP contribution in [0.15, 0.2) is 237 Å². The topological polar surface area (TPSA) is 27.7 Å². The van der Waals surface area contributed by atoms with E-state index in [9.17, 15) is 0 Å². The Balaban J connectivity index is 0.000000189. The third-order valence-electron chi connectivity index (χ3n) is 33.2. The van der Waals surface area contributed by atoms with Crippen LogP contribution >= 0.6 is 35.3 Å². The van der Waals surface area contributed by atoms with Crippen LogP contribution in [0.1, 0.15) is 331 Å². The zero-order valence-corrected chi connectivity index (χ0v) is 87.1. The van der Waals surface area contributed by atoms with E-state index in [2.05, 4.69) is 433 Å². The Morgan fingerprint density at radius 1 is 0.260 bits per heavy atom. The molecule has 0 aromatic heterocycles. The van der Waals surface area contributed by atoms with Crippen LogP contribution in [0.25, 0.3) is 0 Å². The van der Waals surface area contributed by atoms with Crippen LogP contribution in [-0.4, -0.2) is 37.1 Å². The highest BCUT2D eigenvalue weighted by Crippen LogP contribution is 2.56. The molecule has 4 saturated carbocycles. The Kier molecular flexibility index (Phi) is 41.0. The summed E-state index contributed by atoms with van der Waals surface area (Å²) in [7, 11) is 0. The summed E-state index contributed by atoms with van der Waals surface area (Å²) in [6, 6.07) is 84.4. The van der Waals surface area contributed by atoms with Gasteiger partial charge in [0, 0.05) is 22.7 Å². The fraction of sp³-hybridized carbons (Fsp3) is 0.554. The Hall–Kier alpha value is -6.09. The van der Waals surface area contributed by atoms with Gasteiger partial charge in [-0.3, -0.25) is 0 Å². The lowest BCUT2D eigenvalue weighted by atomic mass is 9.56. The molecule has 0 aliphatic heterocycles. The Labute approximate surface area is 791 Å². The molecule has 4 aliphatic carbocycles. The van der Waals surface area contributed by atoms with Crippen molar-refractivity contribution >= 4 is 35.3 Å². The van der Waals surface area contributed by atoms with Gasteiger partial charge in [0.25, 0.3) is 0 Å². The summed E-state index contributed by atoms with van der Waals surface area (Å²) in [5.74, 6) is 7.15. The van der Waals surface area contributed by atoms with Crippen LogP contribution in [0.5, 0.6) is 0 Å². The van der Waals surface area contributed by atoms with Gasteiger partial charge in [-0.2, -0.15) is 35.3 Å². The first-order valence-corrected chi connectivity index (χ1v) is 52.4. The maximum Gasteiger partial charge on any atom is 0.0719 e. The second-order valence-corrected chi connectivity index (χ2v) is 47.4. The van der Waals surface area contributed by atoms with Crippen molar-refractivity contribution in [2.45, 2.75) is 342 Å². The Morgan fingerprint density at radius 2 is 0.551 bits per heavy atom. The van der Waals surface area contributed by atoms with Crippen molar-refractivity contribution in [1.29, 1.82) is 0 Å². The molecule has 0 spiro atoms. The van der Waals surface area contributed by atoms with Gasteiger partial charge in [-0.15, -0.1) is 0 Å². The third kappa shape index (κ3) is 30.0. The predicted octanol–water partition coefficient (Wildman–Crippen LogP) is 35.4. The largest absolute Gasteiger partial charge is 0.376 e. The molecule has 0 N–H and O–H groups in total. The van der Waals surface area contributed by atoms with E-state index in [-0.39, 0.29) is 32.5 Å². The van der Waals surface area contributed by atoms with E-state index in [1.807, 2.05) is 11.8 Å². The molecule has 4 fully saturated rings. The minimum absolute atomic E-state index is 0.0526. The van der Waals surface area contributed by atoms with Gasteiger partial charge in [-0.1, -0.05) is 432 Å². The number of ether oxygens (including phenoxy) is 3. The number of aryl methyl sites for hydroxylation is 6. The Morgan fingerprint density at radius 3 is 0.906 bits per heavy atom. The van der Waals surface area contributed by atoms with E-state index in [1.54, 1.807) is 0 Å². The summed E-state index contributed by atoms with van der Waals surface area (Å²) in [6.45, 7) is 63.4. The molecule has 9 aromatic carbocycles. The van der Waals surface area contributed by atoms with Crippen LogP contribution in [0.4, 0.5) is 0 Å².